The number of hydrogen-bond donors (Lipinski definition) is 1. The van der Waals surface area contributed by atoms with E-state index in [1.165, 1.54) is 18.4 Å². The second-order valence-electron chi connectivity index (χ2n) is 4.95. The fourth-order valence-corrected chi connectivity index (χ4v) is 2.39. The van der Waals surface area contributed by atoms with Crippen LogP contribution in [0, 0.1) is 5.92 Å². The van der Waals surface area contributed by atoms with Gasteiger partial charge in [0.2, 0.25) is 0 Å². The van der Waals surface area contributed by atoms with Crippen LogP contribution in [0.2, 0.25) is 0 Å². The van der Waals surface area contributed by atoms with E-state index >= 15 is 0 Å². The molecule has 0 radical (unpaired) electrons. The average molecular weight is 249 g/mol. The molecular weight excluding hydrogens is 222 g/mol. The molecule has 0 aliphatic rings. The van der Waals surface area contributed by atoms with Crippen LogP contribution in [0.5, 0.6) is 5.75 Å². The van der Waals surface area contributed by atoms with E-state index in [0.29, 0.717) is 12.0 Å². The molecule has 0 spiro atoms. The fourth-order valence-electron chi connectivity index (χ4n) is 2.39. The van der Waals surface area contributed by atoms with Crippen LogP contribution in [-0.4, -0.2) is 13.7 Å². The molecule has 0 aliphatic heterocycles. The molecule has 1 aromatic rings. The van der Waals surface area contributed by atoms with Crippen LogP contribution in [0.3, 0.4) is 0 Å². The fraction of sp³-hybridized carbons (Fsp3) is 0.625. The van der Waals surface area contributed by atoms with E-state index in [1.54, 1.807) is 0 Å². The van der Waals surface area contributed by atoms with Gasteiger partial charge in [0.1, 0.15) is 5.75 Å². The molecule has 0 saturated heterocycles. The van der Waals surface area contributed by atoms with E-state index in [2.05, 4.69) is 50.4 Å². The molecule has 0 aromatic heterocycles. The van der Waals surface area contributed by atoms with Gasteiger partial charge >= 0.3 is 0 Å². The lowest BCUT2D eigenvalue weighted by Gasteiger charge is -2.24. The molecule has 0 amide bonds. The lowest BCUT2D eigenvalue weighted by Crippen LogP contribution is -2.23. The summed E-state index contributed by atoms with van der Waals surface area (Å²) in [6.07, 6.45) is 3.53. The first-order chi connectivity index (χ1) is 8.72. The number of hydrogen-bond acceptors (Lipinski definition) is 2. The number of nitrogens with one attached hydrogen (secondary N) is 1. The summed E-state index contributed by atoms with van der Waals surface area (Å²) in [5.74, 6) is 1.63. The molecule has 0 saturated carbocycles. The first-order valence-electron chi connectivity index (χ1n) is 7.12. The summed E-state index contributed by atoms with van der Waals surface area (Å²) in [5.41, 5.74) is 1.35. The third kappa shape index (κ3) is 4.34. The van der Waals surface area contributed by atoms with Gasteiger partial charge in [0.15, 0.2) is 0 Å². The standard InChI is InChI=1S/C16H27NO/c1-5-7-13(3)16(17-4)14-8-10-15(11-9-14)18-12-6-2/h8-11,13,16-17H,5-7,12H2,1-4H3. The minimum absolute atomic E-state index is 0.435. The van der Waals surface area contributed by atoms with Crippen molar-refractivity contribution in [2.24, 2.45) is 5.92 Å². The maximum atomic E-state index is 5.61. The molecule has 2 heteroatoms. The summed E-state index contributed by atoms with van der Waals surface area (Å²) in [4.78, 5) is 0. The van der Waals surface area contributed by atoms with Gasteiger partial charge in [0, 0.05) is 6.04 Å². The van der Waals surface area contributed by atoms with Gasteiger partial charge in [-0.25, -0.2) is 0 Å². The minimum Gasteiger partial charge on any atom is -0.494 e. The van der Waals surface area contributed by atoms with Crippen molar-refractivity contribution >= 4 is 0 Å². The van der Waals surface area contributed by atoms with Crippen LogP contribution in [0.15, 0.2) is 24.3 Å². The lowest BCUT2D eigenvalue weighted by molar-refractivity contribution is 0.317. The van der Waals surface area contributed by atoms with Crippen molar-refractivity contribution in [1.29, 1.82) is 0 Å². The zero-order valence-corrected chi connectivity index (χ0v) is 12.2. The first kappa shape index (κ1) is 15.0. The van der Waals surface area contributed by atoms with E-state index in [9.17, 15) is 0 Å². The summed E-state index contributed by atoms with van der Waals surface area (Å²) in [5, 5.41) is 3.42. The Kier molecular flexibility index (Phi) is 6.81. The largest absolute Gasteiger partial charge is 0.494 e. The highest BCUT2D eigenvalue weighted by molar-refractivity contribution is 5.29. The van der Waals surface area contributed by atoms with Crippen LogP contribution in [0.25, 0.3) is 0 Å². The van der Waals surface area contributed by atoms with Gasteiger partial charge in [0.05, 0.1) is 6.61 Å². The molecule has 1 N–H and O–H groups in total. The smallest absolute Gasteiger partial charge is 0.119 e. The third-order valence-corrected chi connectivity index (χ3v) is 3.34. The molecule has 2 unspecified atom stereocenters. The third-order valence-electron chi connectivity index (χ3n) is 3.34. The van der Waals surface area contributed by atoms with Crippen LogP contribution in [-0.2, 0) is 0 Å². The molecule has 1 rings (SSSR count). The van der Waals surface area contributed by atoms with E-state index in [1.807, 2.05) is 7.05 Å². The van der Waals surface area contributed by atoms with Crippen LogP contribution >= 0.6 is 0 Å². The monoisotopic (exact) mass is 249 g/mol. The highest BCUT2D eigenvalue weighted by atomic mass is 16.5. The lowest BCUT2D eigenvalue weighted by atomic mass is 9.91. The number of rotatable bonds is 8. The Balaban J connectivity index is 2.69. The highest BCUT2D eigenvalue weighted by Crippen LogP contribution is 2.26. The SMILES string of the molecule is CCCOc1ccc(C(NC)C(C)CCC)cc1. The van der Waals surface area contributed by atoms with Gasteiger partial charge in [-0.1, -0.05) is 39.3 Å². The summed E-state index contributed by atoms with van der Waals surface area (Å²) in [6, 6.07) is 8.95. The quantitative estimate of drug-likeness (QED) is 0.746. The Labute approximate surface area is 112 Å². The highest BCUT2D eigenvalue weighted by Gasteiger charge is 2.16. The predicted molar refractivity (Wildman–Crippen MR) is 78.1 cm³/mol. The normalized spacial score (nSPS) is 14.2. The van der Waals surface area contributed by atoms with Gasteiger partial charge in [-0.15, -0.1) is 0 Å². The Hall–Kier alpha value is -1.02. The summed E-state index contributed by atoms with van der Waals surface area (Å²) in [7, 11) is 2.04. The number of benzene rings is 1. The molecule has 0 aliphatic carbocycles. The number of ether oxygens (including phenoxy) is 1. The predicted octanol–water partition coefficient (Wildman–Crippen LogP) is 4.17. The van der Waals surface area contributed by atoms with E-state index in [0.717, 1.165) is 18.8 Å². The second kappa shape index (κ2) is 8.15. The van der Waals surface area contributed by atoms with Gasteiger partial charge in [0.25, 0.3) is 0 Å². The van der Waals surface area contributed by atoms with Gasteiger partial charge in [-0.3, -0.25) is 0 Å². The molecular formula is C16H27NO. The topological polar surface area (TPSA) is 21.3 Å². The van der Waals surface area contributed by atoms with Crippen LogP contribution in [0.1, 0.15) is 51.6 Å². The Bertz CT molecular complexity index is 320. The zero-order chi connectivity index (χ0) is 13.4. The Morgan fingerprint density at radius 3 is 2.28 bits per heavy atom. The molecule has 0 heterocycles. The van der Waals surface area contributed by atoms with Gasteiger partial charge < -0.3 is 10.1 Å². The van der Waals surface area contributed by atoms with E-state index in [4.69, 9.17) is 4.74 Å². The molecule has 2 nitrogen and oxygen atoms in total. The van der Waals surface area contributed by atoms with Crippen molar-refractivity contribution in [2.45, 2.75) is 46.1 Å². The molecule has 0 bridgehead atoms. The molecule has 2 atom stereocenters. The second-order valence-corrected chi connectivity index (χ2v) is 4.95. The zero-order valence-electron chi connectivity index (χ0n) is 12.2. The Morgan fingerprint density at radius 1 is 1.11 bits per heavy atom. The molecule has 18 heavy (non-hydrogen) atoms. The molecule has 1 aromatic carbocycles. The van der Waals surface area contributed by atoms with Crippen LogP contribution < -0.4 is 10.1 Å². The molecule has 0 fully saturated rings. The summed E-state index contributed by atoms with van der Waals surface area (Å²) in [6.45, 7) is 7.47. The van der Waals surface area contributed by atoms with Crippen molar-refractivity contribution in [2.75, 3.05) is 13.7 Å². The van der Waals surface area contributed by atoms with Crippen molar-refractivity contribution in [1.82, 2.24) is 5.32 Å². The molecule has 102 valence electrons. The first-order valence-corrected chi connectivity index (χ1v) is 7.12. The van der Waals surface area contributed by atoms with Crippen molar-refractivity contribution in [3.63, 3.8) is 0 Å². The van der Waals surface area contributed by atoms with Crippen molar-refractivity contribution in [3.05, 3.63) is 29.8 Å². The minimum atomic E-state index is 0.435. The van der Waals surface area contributed by atoms with E-state index in [-0.39, 0.29) is 0 Å². The maximum absolute atomic E-state index is 5.61. The summed E-state index contributed by atoms with van der Waals surface area (Å²) >= 11 is 0. The van der Waals surface area contributed by atoms with Crippen LogP contribution in [0.4, 0.5) is 0 Å². The van der Waals surface area contributed by atoms with Crippen molar-refractivity contribution in [3.8, 4) is 5.75 Å². The maximum Gasteiger partial charge on any atom is 0.119 e. The Morgan fingerprint density at radius 2 is 1.78 bits per heavy atom. The summed E-state index contributed by atoms with van der Waals surface area (Å²) < 4.78 is 5.61. The van der Waals surface area contributed by atoms with Crippen molar-refractivity contribution < 1.29 is 4.74 Å². The average Bonchev–Trinajstić information content (AvgIpc) is 2.39. The van der Waals surface area contributed by atoms with E-state index < -0.39 is 0 Å². The van der Waals surface area contributed by atoms with Gasteiger partial charge in [-0.2, -0.15) is 0 Å². The van der Waals surface area contributed by atoms with Gasteiger partial charge in [-0.05, 0) is 43.5 Å².